The number of nitrogens with two attached hydrogens (primary N) is 1. The largest absolute Gasteiger partial charge is 0.399 e. The van der Waals surface area contributed by atoms with Crippen molar-refractivity contribution in [2.24, 2.45) is 5.92 Å². The van der Waals surface area contributed by atoms with Crippen LogP contribution in [0.1, 0.15) is 32.1 Å². The number of nitrogens with one attached hydrogen (secondary N) is 1. The maximum Gasteiger partial charge on any atom is 0.225 e. The highest BCUT2D eigenvalue weighted by atomic mass is 32.2. The van der Waals surface area contributed by atoms with Crippen molar-refractivity contribution in [1.82, 2.24) is 0 Å². The Morgan fingerprint density at radius 2 is 1.95 bits per heavy atom. The molecule has 104 valence electrons. The van der Waals surface area contributed by atoms with E-state index in [1.807, 2.05) is 23.9 Å². The molecule has 1 aliphatic carbocycles. The van der Waals surface area contributed by atoms with Crippen LogP contribution in [-0.4, -0.2) is 17.4 Å². The van der Waals surface area contributed by atoms with Gasteiger partial charge in [0.1, 0.15) is 0 Å². The fourth-order valence-corrected chi connectivity index (χ4v) is 3.54. The lowest BCUT2D eigenvalue weighted by Crippen LogP contribution is -2.12. The number of hydrogen-bond donors (Lipinski definition) is 2. The van der Waals surface area contributed by atoms with E-state index < -0.39 is 0 Å². The summed E-state index contributed by atoms with van der Waals surface area (Å²) in [6.45, 7) is 0. The lowest BCUT2D eigenvalue weighted by Gasteiger charge is -2.08. The highest BCUT2D eigenvalue weighted by Crippen LogP contribution is 2.27. The fourth-order valence-electron chi connectivity index (χ4n) is 2.38. The molecule has 1 saturated carbocycles. The molecule has 0 unspecified atom stereocenters. The number of carbonyl (C=O) groups excluding carboxylic acids is 1. The summed E-state index contributed by atoms with van der Waals surface area (Å²) in [4.78, 5) is 11.7. The second-order valence-electron chi connectivity index (χ2n) is 5.15. The summed E-state index contributed by atoms with van der Waals surface area (Å²) in [5.41, 5.74) is 7.13. The van der Waals surface area contributed by atoms with Gasteiger partial charge in [-0.1, -0.05) is 12.8 Å². The molecule has 1 aromatic rings. The zero-order valence-electron chi connectivity index (χ0n) is 11.2. The van der Waals surface area contributed by atoms with Gasteiger partial charge in [0.2, 0.25) is 5.91 Å². The molecule has 3 nitrogen and oxygen atoms in total. The second-order valence-corrected chi connectivity index (χ2v) is 6.30. The molecule has 0 bridgehead atoms. The molecule has 0 aliphatic heterocycles. The SMILES string of the molecule is Nc1ccc(NC(=O)CCSCC2CCCC2)cc1. The van der Waals surface area contributed by atoms with Crippen LogP contribution in [0, 0.1) is 5.92 Å². The monoisotopic (exact) mass is 278 g/mol. The number of anilines is 2. The first-order chi connectivity index (χ1) is 9.24. The van der Waals surface area contributed by atoms with E-state index in [1.54, 1.807) is 12.1 Å². The van der Waals surface area contributed by atoms with Gasteiger partial charge >= 0.3 is 0 Å². The predicted molar refractivity (Wildman–Crippen MR) is 83.4 cm³/mol. The molecule has 0 heterocycles. The van der Waals surface area contributed by atoms with Crippen LogP contribution in [0.25, 0.3) is 0 Å². The van der Waals surface area contributed by atoms with Gasteiger partial charge < -0.3 is 11.1 Å². The quantitative estimate of drug-likeness (QED) is 0.618. The number of carbonyl (C=O) groups is 1. The molecule has 1 fully saturated rings. The third kappa shape index (κ3) is 5.15. The van der Waals surface area contributed by atoms with Crippen molar-refractivity contribution in [3.05, 3.63) is 24.3 Å². The maximum atomic E-state index is 11.7. The third-order valence-electron chi connectivity index (χ3n) is 3.50. The Morgan fingerprint density at radius 3 is 2.63 bits per heavy atom. The van der Waals surface area contributed by atoms with Gasteiger partial charge in [0, 0.05) is 23.5 Å². The van der Waals surface area contributed by atoms with Crippen LogP contribution in [0.15, 0.2) is 24.3 Å². The molecule has 0 spiro atoms. The molecular weight excluding hydrogens is 256 g/mol. The van der Waals surface area contributed by atoms with Crippen molar-refractivity contribution in [2.75, 3.05) is 22.6 Å². The molecular formula is C15H22N2OS. The highest BCUT2D eigenvalue weighted by Gasteiger charge is 2.14. The van der Waals surface area contributed by atoms with Gasteiger partial charge in [0.05, 0.1) is 0 Å². The zero-order chi connectivity index (χ0) is 13.5. The summed E-state index contributed by atoms with van der Waals surface area (Å²) in [5.74, 6) is 3.11. The van der Waals surface area contributed by atoms with E-state index >= 15 is 0 Å². The second kappa shape index (κ2) is 7.43. The minimum Gasteiger partial charge on any atom is -0.399 e. The molecule has 1 aliphatic rings. The first-order valence-electron chi connectivity index (χ1n) is 6.97. The summed E-state index contributed by atoms with van der Waals surface area (Å²) in [6.07, 6.45) is 6.13. The molecule has 1 amide bonds. The average molecular weight is 278 g/mol. The third-order valence-corrected chi connectivity index (χ3v) is 4.70. The Kier molecular flexibility index (Phi) is 5.58. The molecule has 1 aromatic carbocycles. The predicted octanol–water partition coefficient (Wildman–Crippen LogP) is 3.52. The molecule has 0 aromatic heterocycles. The lowest BCUT2D eigenvalue weighted by molar-refractivity contribution is -0.115. The van der Waals surface area contributed by atoms with Gasteiger partial charge in [-0.15, -0.1) is 0 Å². The first-order valence-corrected chi connectivity index (χ1v) is 8.12. The van der Waals surface area contributed by atoms with E-state index in [0.717, 1.165) is 17.4 Å². The smallest absolute Gasteiger partial charge is 0.225 e. The average Bonchev–Trinajstić information content (AvgIpc) is 2.91. The van der Waals surface area contributed by atoms with Crippen molar-refractivity contribution < 1.29 is 4.79 Å². The lowest BCUT2D eigenvalue weighted by atomic mass is 10.1. The summed E-state index contributed by atoms with van der Waals surface area (Å²) in [6, 6.07) is 7.26. The van der Waals surface area contributed by atoms with E-state index in [9.17, 15) is 4.79 Å². The van der Waals surface area contributed by atoms with Gasteiger partial charge in [-0.05, 0) is 48.8 Å². The van der Waals surface area contributed by atoms with Gasteiger partial charge in [-0.3, -0.25) is 4.79 Å². The summed E-state index contributed by atoms with van der Waals surface area (Å²) >= 11 is 1.91. The molecule has 2 rings (SSSR count). The topological polar surface area (TPSA) is 55.1 Å². The fraction of sp³-hybridized carbons (Fsp3) is 0.533. The van der Waals surface area contributed by atoms with Crippen molar-refractivity contribution in [2.45, 2.75) is 32.1 Å². The van der Waals surface area contributed by atoms with Gasteiger partial charge in [-0.25, -0.2) is 0 Å². The normalized spacial score (nSPS) is 15.6. The van der Waals surface area contributed by atoms with Gasteiger partial charge in [-0.2, -0.15) is 11.8 Å². The van der Waals surface area contributed by atoms with Gasteiger partial charge in [0.15, 0.2) is 0 Å². The molecule has 19 heavy (non-hydrogen) atoms. The molecule has 3 N–H and O–H groups in total. The van der Waals surface area contributed by atoms with Crippen LogP contribution >= 0.6 is 11.8 Å². The standard InChI is InChI=1S/C15H22N2OS/c16-13-5-7-14(8-6-13)17-15(18)9-10-19-11-12-3-1-2-4-12/h5-8,12H,1-4,9-11,16H2,(H,17,18). The minimum absolute atomic E-state index is 0.0868. The Morgan fingerprint density at radius 1 is 1.26 bits per heavy atom. The molecule has 0 saturated heterocycles. The Hall–Kier alpha value is -1.16. The van der Waals surface area contributed by atoms with Gasteiger partial charge in [0.25, 0.3) is 0 Å². The Balaban J connectivity index is 1.60. The number of nitrogen functional groups attached to an aromatic ring is 1. The molecule has 0 atom stereocenters. The summed E-state index contributed by atoms with van der Waals surface area (Å²) in [7, 11) is 0. The van der Waals surface area contributed by atoms with E-state index in [2.05, 4.69) is 5.32 Å². The Bertz CT molecular complexity index is 399. The minimum atomic E-state index is 0.0868. The van der Waals surface area contributed by atoms with Crippen LogP contribution < -0.4 is 11.1 Å². The number of hydrogen-bond acceptors (Lipinski definition) is 3. The number of benzene rings is 1. The van der Waals surface area contributed by atoms with Crippen molar-refractivity contribution in [3.8, 4) is 0 Å². The zero-order valence-corrected chi connectivity index (χ0v) is 12.0. The van der Waals surface area contributed by atoms with Crippen LogP contribution in [0.2, 0.25) is 0 Å². The van der Waals surface area contributed by atoms with E-state index in [1.165, 1.54) is 31.4 Å². The molecule has 0 radical (unpaired) electrons. The van der Waals surface area contributed by atoms with Crippen molar-refractivity contribution >= 4 is 29.0 Å². The van der Waals surface area contributed by atoms with E-state index in [0.29, 0.717) is 12.1 Å². The van der Waals surface area contributed by atoms with E-state index in [-0.39, 0.29) is 5.91 Å². The molecule has 4 heteroatoms. The van der Waals surface area contributed by atoms with E-state index in [4.69, 9.17) is 5.73 Å². The van der Waals surface area contributed by atoms with Crippen molar-refractivity contribution in [3.63, 3.8) is 0 Å². The highest BCUT2D eigenvalue weighted by molar-refractivity contribution is 7.99. The van der Waals surface area contributed by atoms with Crippen LogP contribution in [0.4, 0.5) is 11.4 Å². The maximum absolute atomic E-state index is 11.7. The summed E-state index contributed by atoms with van der Waals surface area (Å²) < 4.78 is 0. The van der Waals surface area contributed by atoms with Crippen LogP contribution in [-0.2, 0) is 4.79 Å². The number of rotatable bonds is 6. The van der Waals surface area contributed by atoms with Crippen LogP contribution in [0.5, 0.6) is 0 Å². The number of thioether (sulfide) groups is 1. The Labute approximate surface area is 119 Å². The number of amides is 1. The first kappa shape index (κ1) is 14.3. The van der Waals surface area contributed by atoms with Crippen LogP contribution in [0.3, 0.4) is 0 Å². The summed E-state index contributed by atoms with van der Waals surface area (Å²) in [5, 5.41) is 2.89. The van der Waals surface area contributed by atoms with Crippen molar-refractivity contribution in [1.29, 1.82) is 0 Å².